The van der Waals surface area contributed by atoms with Gasteiger partial charge in [-0.25, -0.2) is 9.97 Å². The van der Waals surface area contributed by atoms with Gasteiger partial charge < -0.3 is 4.74 Å². The van der Waals surface area contributed by atoms with E-state index in [2.05, 4.69) is 28.2 Å². The minimum atomic E-state index is 0.825. The molecule has 0 unspecified atom stereocenters. The van der Waals surface area contributed by atoms with Gasteiger partial charge >= 0.3 is 0 Å². The number of nitrogens with zero attached hydrogens (tertiary/aromatic N) is 2. The Morgan fingerprint density at radius 1 is 1.00 bits per heavy atom. The molecule has 22 heavy (non-hydrogen) atoms. The van der Waals surface area contributed by atoms with Gasteiger partial charge in [-0.1, -0.05) is 30.3 Å². The standard InChI is InChI=1S/C18H18N2OS/c1-13-19-17-6-4-3-5-16(17)18(20-13)22-12-11-14-7-9-15(21-2)10-8-14/h3-10H,11-12H2,1-2H3. The van der Waals surface area contributed by atoms with Gasteiger partial charge in [-0.15, -0.1) is 11.8 Å². The number of thioether (sulfide) groups is 1. The minimum Gasteiger partial charge on any atom is -0.497 e. The quantitative estimate of drug-likeness (QED) is 0.520. The summed E-state index contributed by atoms with van der Waals surface area (Å²) in [6, 6.07) is 16.4. The zero-order chi connectivity index (χ0) is 15.4. The van der Waals surface area contributed by atoms with Gasteiger partial charge in [-0.3, -0.25) is 0 Å². The highest BCUT2D eigenvalue weighted by Crippen LogP contribution is 2.26. The Morgan fingerprint density at radius 2 is 1.77 bits per heavy atom. The van der Waals surface area contributed by atoms with Gasteiger partial charge in [0.1, 0.15) is 16.6 Å². The lowest BCUT2D eigenvalue weighted by Gasteiger charge is -2.07. The van der Waals surface area contributed by atoms with Crippen molar-refractivity contribution in [3.63, 3.8) is 0 Å². The third kappa shape index (κ3) is 3.39. The second-order valence-electron chi connectivity index (χ2n) is 5.04. The van der Waals surface area contributed by atoms with Gasteiger partial charge in [0, 0.05) is 11.1 Å². The number of aryl methyl sites for hydroxylation is 2. The third-order valence-electron chi connectivity index (χ3n) is 3.47. The fourth-order valence-electron chi connectivity index (χ4n) is 2.33. The third-order valence-corrected chi connectivity index (χ3v) is 4.46. The lowest BCUT2D eigenvalue weighted by molar-refractivity contribution is 0.414. The minimum absolute atomic E-state index is 0.825. The Balaban J connectivity index is 1.71. The van der Waals surface area contributed by atoms with Crippen LogP contribution < -0.4 is 4.74 Å². The van der Waals surface area contributed by atoms with E-state index in [9.17, 15) is 0 Å². The fraction of sp³-hybridized carbons (Fsp3) is 0.222. The first kappa shape index (κ1) is 14.9. The maximum absolute atomic E-state index is 5.18. The molecule has 3 nitrogen and oxygen atoms in total. The molecular weight excluding hydrogens is 292 g/mol. The first-order valence-electron chi connectivity index (χ1n) is 7.25. The highest BCUT2D eigenvalue weighted by molar-refractivity contribution is 7.99. The normalized spacial score (nSPS) is 10.8. The summed E-state index contributed by atoms with van der Waals surface area (Å²) in [4.78, 5) is 9.08. The number of benzene rings is 2. The van der Waals surface area contributed by atoms with Crippen molar-refractivity contribution in [1.82, 2.24) is 9.97 Å². The van der Waals surface area contributed by atoms with Gasteiger partial charge in [0.25, 0.3) is 0 Å². The molecular formula is C18H18N2OS. The zero-order valence-electron chi connectivity index (χ0n) is 12.7. The maximum atomic E-state index is 5.18. The number of rotatable bonds is 5. The second-order valence-corrected chi connectivity index (χ2v) is 6.12. The predicted octanol–water partition coefficient (Wildman–Crippen LogP) is 4.28. The van der Waals surface area contributed by atoms with Crippen LogP contribution in [0.2, 0.25) is 0 Å². The molecule has 0 atom stereocenters. The monoisotopic (exact) mass is 310 g/mol. The van der Waals surface area contributed by atoms with E-state index in [4.69, 9.17) is 4.74 Å². The summed E-state index contributed by atoms with van der Waals surface area (Å²) in [7, 11) is 1.69. The Hall–Kier alpha value is -2.07. The highest BCUT2D eigenvalue weighted by Gasteiger charge is 2.06. The van der Waals surface area contributed by atoms with Crippen molar-refractivity contribution in [3.05, 3.63) is 59.9 Å². The van der Waals surface area contributed by atoms with Crippen LogP contribution in [0.3, 0.4) is 0 Å². The molecule has 0 amide bonds. The maximum Gasteiger partial charge on any atom is 0.127 e. The van der Waals surface area contributed by atoms with E-state index in [0.29, 0.717) is 0 Å². The van der Waals surface area contributed by atoms with Crippen LogP contribution in [0.1, 0.15) is 11.4 Å². The average molecular weight is 310 g/mol. The molecule has 3 rings (SSSR count). The molecule has 0 saturated heterocycles. The lowest BCUT2D eigenvalue weighted by atomic mass is 10.2. The molecule has 0 aliphatic carbocycles. The number of ether oxygens (including phenoxy) is 1. The van der Waals surface area contributed by atoms with Crippen molar-refractivity contribution in [2.75, 3.05) is 12.9 Å². The molecule has 0 fully saturated rings. The SMILES string of the molecule is COc1ccc(CCSc2nc(C)nc3ccccc23)cc1. The number of methoxy groups -OCH3 is 1. The molecule has 0 spiro atoms. The Bertz CT molecular complexity index is 772. The number of para-hydroxylation sites is 1. The van der Waals surface area contributed by atoms with Crippen LogP contribution in [0.25, 0.3) is 10.9 Å². The molecule has 3 aromatic rings. The van der Waals surface area contributed by atoms with Crippen LogP contribution in [-0.4, -0.2) is 22.8 Å². The summed E-state index contributed by atoms with van der Waals surface area (Å²) >= 11 is 1.79. The number of hydrogen-bond donors (Lipinski definition) is 0. The van der Waals surface area contributed by atoms with E-state index in [1.165, 1.54) is 5.56 Å². The van der Waals surface area contributed by atoms with Gasteiger partial charge in [-0.05, 0) is 37.1 Å². The van der Waals surface area contributed by atoms with Gasteiger partial charge in [-0.2, -0.15) is 0 Å². The van der Waals surface area contributed by atoms with Crippen molar-refractivity contribution in [3.8, 4) is 5.75 Å². The van der Waals surface area contributed by atoms with Crippen LogP contribution >= 0.6 is 11.8 Å². The molecule has 0 N–H and O–H groups in total. The summed E-state index contributed by atoms with van der Waals surface area (Å²) in [6.07, 6.45) is 1.01. The van der Waals surface area contributed by atoms with Crippen molar-refractivity contribution < 1.29 is 4.74 Å². The van der Waals surface area contributed by atoms with Gasteiger partial charge in [0.05, 0.1) is 12.6 Å². The molecule has 4 heteroatoms. The largest absolute Gasteiger partial charge is 0.497 e. The molecule has 1 heterocycles. The van der Waals surface area contributed by atoms with Crippen molar-refractivity contribution in [1.29, 1.82) is 0 Å². The van der Waals surface area contributed by atoms with Gasteiger partial charge in [0.2, 0.25) is 0 Å². The van der Waals surface area contributed by atoms with E-state index in [1.54, 1.807) is 18.9 Å². The van der Waals surface area contributed by atoms with Crippen molar-refractivity contribution in [2.24, 2.45) is 0 Å². The van der Waals surface area contributed by atoms with Crippen LogP contribution in [0.5, 0.6) is 5.75 Å². The first-order valence-corrected chi connectivity index (χ1v) is 8.24. The summed E-state index contributed by atoms with van der Waals surface area (Å²) in [5.74, 6) is 2.71. The molecule has 0 aliphatic heterocycles. The number of aromatic nitrogens is 2. The highest BCUT2D eigenvalue weighted by atomic mass is 32.2. The Labute approximate surface area is 134 Å². The summed E-state index contributed by atoms with van der Waals surface area (Å²) in [5.41, 5.74) is 2.32. The van der Waals surface area contributed by atoms with Crippen molar-refractivity contribution in [2.45, 2.75) is 18.4 Å². The summed E-state index contributed by atoms with van der Waals surface area (Å²) < 4.78 is 5.18. The number of fused-ring (bicyclic) bond motifs is 1. The summed E-state index contributed by atoms with van der Waals surface area (Å²) in [6.45, 7) is 1.94. The molecule has 0 saturated carbocycles. The van der Waals surface area contributed by atoms with Crippen LogP contribution in [-0.2, 0) is 6.42 Å². The molecule has 2 aromatic carbocycles. The van der Waals surface area contributed by atoms with E-state index in [1.807, 2.05) is 37.3 Å². The van der Waals surface area contributed by atoms with Crippen LogP contribution in [0, 0.1) is 6.92 Å². The van der Waals surface area contributed by atoms with Crippen LogP contribution in [0.4, 0.5) is 0 Å². The van der Waals surface area contributed by atoms with Crippen molar-refractivity contribution >= 4 is 22.7 Å². The van der Waals surface area contributed by atoms with Crippen LogP contribution in [0.15, 0.2) is 53.6 Å². The second kappa shape index (κ2) is 6.79. The smallest absolute Gasteiger partial charge is 0.127 e. The first-order chi connectivity index (χ1) is 10.8. The zero-order valence-corrected chi connectivity index (χ0v) is 13.6. The molecule has 1 aromatic heterocycles. The predicted molar refractivity (Wildman–Crippen MR) is 91.7 cm³/mol. The lowest BCUT2D eigenvalue weighted by Crippen LogP contribution is -1.95. The van der Waals surface area contributed by atoms with E-state index in [0.717, 1.165) is 39.7 Å². The van der Waals surface area contributed by atoms with E-state index >= 15 is 0 Å². The molecule has 112 valence electrons. The van der Waals surface area contributed by atoms with E-state index in [-0.39, 0.29) is 0 Å². The average Bonchev–Trinajstić information content (AvgIpc) is 2.55. The molecule has 0 aliphatic rings. The Kier molecular flexibility index (Phi) is 4.59. The molecule has 0 bridgehead atoms. The Morgan fingerprint density at radius 3 is 2.55 bits per heavy atom. The summed E-state index contributed by atoms with van der Waals surface area (Å²) in [5, 5.41) is 2.20. The topological polar surface area (TPSA) is 35.0 Å². The fourth-order valence-corrected chi connectivity index (χ4v) is 3.38. The number of hydrogen-bond acceptors (Lipinski definition) is 4. The van der Waals surface area contributed by atoms with E-state index < -0.39 is 0 Å². The van der Waals surface area contributed by atoms with Gasteiger partial charge in [0.15, 0.2) is 0 Å². The molecule has 0 radical (unpaired) electrons.